The fraction of sp³-hybridized carbons (Fsp3) is 0.875. The number of nitrogens with one attached hydrogen (secondary N) is 3. The average molecular weight is 326 g/mol. The quantitative estimate of drug-likeness (QED) is 0.462. The third kappa shape index (κ3) is 6.64. The second-order valence-corrected chi connectivity index (χ2v) is 6.04. The van der Waals surface area contributed by atoms with Crippen LogP contribution in [-0.2, 0) is 9.47 Å². The summed E-state index contributed by atoms with van der Waals surface area (Å²) in [5.74, 6) is 1.29. The van der Waals surface area contributed by atoms with Crippen LogP contribution in [0.15, 0.2) is 4.99 Å². The molecule has 0 spiro atoms. The van der Waals surface area contributed by atoms with E-state index in [1.807, 2.05) is 13.8 Å². The summed E-state index contributed by atoms with van der Waals surface area (Å²) in [4.78, 5) is 16.2. The van der Waals surface area contributed by atoms with Crippen molar-refractivity contribution in [3.63, 3.8) is 0 Å². The molecule has 7 nitrogen and oxygen atoms in total. The number of hydrogen-bond acceptors (Lipinski definition) is 4. The second kappa shape index (κ2) is 9.60. The van der Waals surface area contributed by atoms with Crippen LogP contribution in [0.2, 0.25) is 0 Å². The summed E-state index contributed by atoms with van der Waals surface area (Å²) in [6.07, 6.45) is 4.45. The number of amides is 1. The van der Waals surface area contributed by atoms with Crippen LogP contribution in [0.1, 0.15) is 39.5 Å². The van der Waals surface area contributed by atoms with Crippen molar-refractivity contribution in [1.29, 1.82) is 0 Å². The molecule has 7 heteroatoms. The Balaban J connectivity index is 1.81. The Morgan fingerprint density at radius 1 is 1.30 bits per heavy atom. The van der Waals surface area contributed by atoms with Crippen LogP contribution < -0.4 is 16.0 Å². The molecule has 1 aliphatic carbocycles. The van der Waals surface area contributed by atoms with E-state index in [0.717, 1.165) is 51.3 Å². The number of rotatable bonds is 8. The van der Waals surface area contributed by atoms with E-state index in [2.05, 4.69) is 20.9 Å². The van der Waals surface area contributed by atoms with Crippen molar-refractivity contribution < 1.29 is 14.3 Å². The molecule has 1 heterocycles. The fourth-order valence-electron chi connectivity index (χ4n) is 2.68. The summed E-state index contributed by atoms with van der Waals surface area (Å²) < 4.78 is 10.6. The van der Waals surface area contributed by atoms with Crippen LogP contribution in [0.3, 0.4) is 0 Å². The Morgan fingerprint density at radius 3 is 2.74 bits per heavy atom. The highest BCUT2D eigenvalue weighted by molar-refractivity contribution is 5.79. The summed E-state index contributed by atoms with van der Waals surface area (Å²) in [6.45, 7) is 7.22. The van der Waals surface area contributed by atoms with E-state index in [1.165, 1.54) is 0 Å². The van der Waals surface area contributed by atoms with Gasteiger partial charge in [0.2, 0.25) is 0 Å². The van der Waals surface area contributed by atoms with E-state index in [-0.39, 0.29) is 18.2 Å². The molecule has 23 heavy (non-hydrogen) atoms. The van der Waals surface area contributed by atoms with Gasteiger partial charge in [-0.05, 0) is 45.4 Å². The zero-order valence-electron chi connectivity index (χ0n) is 14.3. The second-order valence-electron chi connectivity index (χ2n) is 6.04. The lowest BCUT2D eigenvalue weighted by Gasteiger charge is -2.18. The van der Waals surface area contributed by atoms with Gasteiger partial charge in [0.25, 0.3) is 0 Å². The monoisotopic (exact) mass is 326 g/mol. The standard InChI is InChI=1S/C16H30N4O3/c1-3-17-15(18-10-13-6-5-9-23-13)19-11-14(12-7-8-12)20-16(21)22-4-2/h12-14H,3-11H2,1-2H3,(H,20,21)(H2,17,18,19). The Bertz CT molecular complexity index is 393. The van der Waals surface area contributed by atoms with E-state index in [9.17, 15) is 4.79 Å². The van der Waals surface area contributed by atoms with Gasteiger partial charge >= 0.3 is 6.09 Å². The molecule has 0 aromatic carbocycles. The van der Waals surface area contributed by atoms with Crippen LogP contribution >= 0.6 is 0 Å². The maximum Gasteiger partial charge on any atom is 0.407 e. The summed E-state index contributed by atoms with van der Waals surface area (Å²) in [7, 11) is 0. The van der Waals surface area contributed by atoms with Gasteiger partial charge in [-0.15, -0.1) is 0 Å². The number of aliphatic imine (C=N–C) groups is 1. The molecule has 2 aliphatic rings. The van der Waals surface area contributed by atoms with E-state index in [0.29, 0.717) is 19.1 Å². The zero-order chi connectivity index (χ0) is 16.5. The zero-order valence-corrected chi connectivity index (χ0v) is 14.3. The topological polar surface area (TPSA) is 84.0 Å². The fourth-order valence-corrected chi connectivity index (χ4v) is 2.68. The van der Waals surface area contributed by atoms with Gasteiger partial charge in [0.05, 0.1) is 25.3 Å². The normalized spacial score (nSPS) is 22.5. The summed E-state index contributed by atoms with van der Waals surface area (Å²) in [5.41, 5.74) is 0. The van der Waals surface area contributed by atoms with Crippen molar-refractivity contribution in [2.45, 2.75) is 51.7 Å². The molecule has 1 saturated heterocycles. The number of guanidine groups is 1. The molecule has 0 bridgehead atoms. The van der Waals surface area contributed by atoms with Crippen LogP contribution in [0.5, 0.6) is 0 Å². The highest BCUT2D eigenvalue weighted by atomic mass is 16.5. The lowest BCUT2D eigenvalue weighted by atomic mass is 10.2. The highest BCUT2D eigenvalue weighted by Gasteiger charge is 2.32. The molecule has 2 unspecified atom stereocenters. The molecule has 0 aromatic rings. The molecule has 2 atom stereocenters. The minimum atomic E-state index is -0.350. The number of carbonyl (C=O) groups is 1. The van der Waals surface area contributed by atoms with E-state index in [4.69, 9.17) is 9.47 Å². The van der Waals surface area contributed by atoms with Crippen LogP contribution in [0.4, 0.5) is 4.79 Å². The Kier molecular flexibility index (Phi) is 7.45. The molecule has 3 N–H and O–H groups in total. The average Bonchev–Trinajstić information content (AvgIpc) is 3.25. The molecule has 2 rings (SSSR count). The highest BCUT2D eigenvalue weighted by Crippen LogP contribution is 2.32. The van der Waals surface area contributed by atoms with Crippen LogP contribution in [0, 0.1) is 5.92 Å². The van der Waals surface area contributed by atoms with Crippen molar-refractivity contribution in [2.24, 2.45) is 10.9 Å². The van der Waals surface area contributed by atoms with Gasteiger partial charge < -0.3 is 25.4 Å². The van der Waals surface area contributed by atoms with E-state index >= 15 is 0 Å². The third-order valence-electron chi connectivity index (χ3n) is 4.08. The Morgan fingerprint density at radius 2 is 2.13 bits per heavy atom. The van der Waals surface area contributed by atoms with Gasteiger partial charge in [0, 0.05) is 19.7 Å². The maximum atomic E-state index is 11.6. The Hall–Kier alpha value is -1.50. The van der Waals surface area contributed by atoms with Crippen LogP contribution in [0.25, 0.3) is 0 Å². The SMILES string of the molecule is CCNC(=NCC(NC(=O)OCC)C1CC1)NCC1CCCO1. The molecule has 0 aromatic heterocycles. The molecule has 1 saturated carbocycles. The molecular formula is C16H30N4O3. The number of ether oxygens (including phenoxy) is 2. The van der Waals surface area contributed by atoms with Crippen molar-refractivity contribution in [2.75, 3.05) is 32.8 Å². The smallest absolute Gasteiger partial charge is 0.407 e. The lowest BCUT2D eigenvalue weighted by molar-refractivity contribution is 0.114. The molecule has 1 aliphatic heterocycles. The third-order valence-corrected chi connectivity index (χ3v) is 4.08. The first-order valence-corrected chi connectivity index (χ1v) is 8.80. The molecule has 2 fully saturated rings. The first-order chi connectivity index (χ1) is 11.2. The van der Waals surface area contributed by atoms with Gasteiger partial charge in [-0.2, -0.15) is 0 Å². The largest absolute Gasteiger partial charge is 0.450 e. The maximum absolute atomic E-state index is 11.6. The summed E-state index contributed by atoms with van der Waals surface area (Å²) in [5, 5.41) is 9.49. The van der Waals surface area contributed by atoms with Crippen molar-refractivity contribution >= 4 is 12.1 Å². The van der Waals surface area contributed by atoms with Gasteiger partial charge in [0.1, 0.15) is 0 Å². The predicted octanol–water partition coefficient (Wildman–Crippen LogP) is 1.25. The van der Waals surface area contributed by atoms with E-state index < -0.39 is 0 Å². The lowest BCUT2D eigenvalue weighted by Crippen LogP contribution is -2.43. The van der Waals surface area contributed by atoms with E-state index in [1.54, 1.807) is 0 Å². The first-order valence-electron chi connectivity index (χ1n) is 8.80. The molecule has 0 radical (unpaired) electrons. The number of nitrogens with zero attached hydrogens (tertiary/aromatic N) is 1. The van der Waals surface area contributed by atoms with Gasteiger partial charge in [-0.25, -0.2) is 4.79 Å². The van der Waals surface area contributed by atoms with Gasteiger partial charge in [-0.1, -0.05) is 0 Å². The first kappa shape index (κ1) is 17.8. The summed E-state index contributed by atoms with van der Waals surface area (Å²) in [6, 6.07) is 0.0484. The van der Waals surface area contributed by atoms with Crippen molar-refractivity contribution in [3.8, 4) is 0 Å². The number of alkyl carbamates (subject to hydrolysis) is 1. The van der Waals surface area contributed by atoms with Crippen molar-refractivity contribution in [1.82, 2.24) is 16.0 Å². The molecule has 132 valence electrons. The van der Waals surface area contributed by atoms with Gasteiger partial charge in [-0.3, -0.25) is 4.99 Å². The number of carbonyl (C=O) groups excluding carboxylic acids is 1. The van der Waals surface area contributed by atoms with Gasteiger partial charge in [0.15, 0.2) is 5.96 Å². The number of hydrogen-bond donors (Lipinski definition) is 3. The minimum Gasteiger partial charge on any atom is -0.450 e. The van der Waals surface area contributed by atoms with Crippen LogP contribution in [-0.4, -0.2) is 57.0 Å². The Labute approximate surface area is 138 Å². The predicted molar refractivity (Wildman–Crippen MR) is 89.6 cm³/mol. The minimum absolute atomic E-state index is 0.0484. The summed E-state index contributed by atoms with van der Waals surface area (Å²) >= 11 is 0. The molecule has 1 amide bonds. The van der Waals surface area contributed by atoms with Crippen molar-refractivity contribution in [3.05, 3.63) is 0 Å². The molecular weight excluding hydrogens is 296 g/mol.